The number of ether oxygens (including phenoxy) is 1. The smallest absolute Gasteiger partial charge is 0.417 e. The van der Waals surface area contributed by atoms with Crippen LogP contribution in [0.15, 0.2) is 36.4 Å². The predicted molar refractivity (Wildman–Crippen MR) is 93.1 cm³/mol. The van der Waals surface area contributed by atoms with Crippen LogP contribution in [-0.4, -0.2) is 17.0 Å². The molecule has 0 spiro atoms. The van der Waals surface area contributed by atoms with Crippen molar-refractivity contribution in [2.75, 3.05) is 5.32 Å². The average molecular weight is 402 g/mol. The van der Waals surface area contributed by atoms with Gasteiger partial charge in [-0.25, -0.2) is 4.79 Å². The highest BCUT2D eigenvalue weighted by Crippen LogP contribution is 2.35. The fourth-order valence-corrected chi connectivity index (χ4v) is 2.49. The van der Waals surface area contributed by atoms with Gasteiger partial charge in [0.25, 0.3) is 0 Å². The number of alkyl halides is 3. The Morgan fingerprint density at radius 3 is 2.44 bits per heavy atom. The standard InChI is InChI=1S/C18H15ClF3NO4/c1-2-16(24)23-15-6-4-11(8-12(15)17(25)26)27-9-10-3-5-13(14(19)7-10)18(20,21)22/h3-8H,2,9H2,1H3,(H,23,24)(H,25,26). The second kappa shape index (κ2) is 8.30. The molecule has 144 valence electrons. The van der Waals surface area contributed by atoms with Crippen LogP contribution >= 0.6 is 11.6 Å². The molecule has 0 radical (unpaired) electrons. The number of carboxylic acid groups (broad SMARTS) is 1. The third-order valence-electron chi connectivity index (χ3n) is 3.56. The first-order valence-corrected chi connectivity index (χ1v) is 8.15. The summed E-state index contributed by atoms with van der Waals surface area (Å²) in [5, 5.41) is 11.3. The summed E-state index contributed by atoms with van der Waals surface area (Å²) in [4.78, 5) is 22.8. The Bertz CT molecular complexity index is 868. The first-order valence-electron chi connectivity index (χ1n) is 7.77. The highest BCUT2D eigenvalue weighted by atomic mass is 35.5. The number of rotatable bonds is 6. The van der Waals surface area contributed by atoms with Gasteiger partial charge in [-0.15, -0.1) is 0 Å². The zero-order valence-electron chi connectivity index (χ0n) is 14.1. The van der Waals surface area contributed by atoms with Gasteiger partial charge in [0, 0.05) is 6.42 Å². The maximum Gasteiger partial charge on any atom is 0.417 e. The van der Waals surface area contributed by atoms with E-state index >= 15 is 0 Å². The van der Waals surface area contributed by atoms with Crippen molar-refractivity contribution in [3.05, 3.63) is 58.1 Å². The van der Waals surface area contributed by atoms with Crippen molar-refractivity contribution < 1.29 is 32.6 Å². The molecule has 5 nitrogen and oxygen atoms in total. The summed E-state index contributed by atoms with van der Waals surface area (Å²) < 4.78 is 43.5. The zero-order valence-corrected chi connectivity index (χ0v) is 14.8. The van der Waals surface area contributed by atoms with E-state index in [4.69, 9.17) is 16.3 Å². The lowest BCUT2D eigenvalue weighted by Gasteiger charge is -2.13. The third kappa shape index (κ3) is 5.37. The number of amides is 1. The quantitative estimate of drug-likeness (QED) is 0.715. The van der Waals surface area contributed by atoms with Crippen LogP contribution in [0.2, 0.25) is 5.02 Å². The summed E-state index contributed by atoms with van der Waals surface area (Å²) in [6.07, 6.45) is -4.36. The number of nitrogens with one attached hydrogen (secondary N) is 1. The Morgan fingerprint density at radius 1 is 1.19 bits per heavy atom. The number of hydrogen-bond acceptors (Lipinski definition) is 3. The topological polar surface area (TPSA) is 75.6 Å². The number of anilines is 1. The van der Waals surface area contributed by atoms with Gasteiger partial charge in [0.05, 0.1) is 21.8 Å². The Morgan fingerprint density at radius 2 is 1.89 bits per heavy atom. The molecule has 2 aromatic carbocycles. The molecule has 0 aliphatic carbocycles. The summed E-state index contributed by atoms with van der Waals surface area (Å²) in [6, 6.07) is 7.27. The van der Waals surface area contributed by atoms with Gasteiger partial charge in [-0.2, -0.15) is 13.2 Å². The van der Waals surface area contributed by atoms with Crippen molar-refractivity contribution in [2.24, 2.45) is 0 Å². The van der Waals surface area contributed by atoms with Crippen LogP contribution in [0.3, 0.4) is 0 Å². The minimum atomic E-state index is -4.55. The minimum Gasteiger partial charge on any atom is -0.489 e. The molecule has 27 heavy (non-hydrogen) atoms. The fraction of sp³-hybridized carbons (Fsp3) is 0.222. The molecule has 9 heteroatoms. The molecule has 0 atom stereocenters. The van der Waals surface area contributed by atoms with Crippen LogP contribution in [-0.2, 0) is 17.6 Å². The van der Waals surface area contributed by atoms with Crippen LogP contribution in [0, 0.1) is 0 Å². The number of halogens is 4. The summed E-state index contributed by atoms with van der Waals surface area (Å²) in [5.41, 5.74) is -0.607. The lowest BCUT2D eigenvalue weighted by molar-refractivity contribution is -0.137. The number of aromatic carboxylic acids is 1. The molecule has 0 aromatic heterocycles. The van der Waals surface area contributed by atoms with E-state index in [0.29, 0.717) is 5.56 Å². The van der Waals surface area contributed by atoms with E-state index in [1.54, 1.807) is 6.92 Å². The molecule has 0 saturated carbocycles. The maximum atomic E-state index is 12.7. The number of benzene rings is 2. The highest BCUT2D eigenvalue weighted by molar-refractivity contribution is 6.31. The van der Waals surface area contributed by atoms with E-state index in [2.05, 4.69) is 5.32 Å². The van der Waals surface area contributed by atoms with E-state index in [1.807, 2.05) is 0 Å². The van der Waals surface area contributed by atoms with Gasteiger partial charge in [0.1, 0.15) is 12.4 Å². The lowest BCUT2D eigenvalue weighted by Crippen LogP contribution is -2.13. The van der Waals surface area contributed by atoms with Crippen LogP contribution in [0.5, 0.6) is 5.75 Å². The van der Waals surface area contributed by atoms with Gasteiger partial charge in [-0.1, -0.05) is 24.6 Å². The fourth-order valence-electron chi connectivity index (χ4n) is 2.18. The van der Waals surface area contributed by atoms with Crippen LogP contribution < -0.4 is 10.1 Å². The van der Waals surface area contributed by atoms with Crippen molar-refractivity contribution in [3.8, 4) is 5.75 Å². The molecule has 0 unspecified atom stereocenters. The summed E-state index contributed by atoms with van der Waals surface area (Å²) in [6.45, 7) is 1.51. The molecular formula is C18H15ClF3NO4. The SMILES string of the molecule is CCC(=O)Nc1ccc(OCc2ccc(C(F)(F)F)c(Cl)c2)cc1C(=O)O. The molecule has 1 amide bonds. The number of carboxylic acids is 1. The highest BCUT2D eigenvalue weighted by Gasteiger charge is 2.33. The summed E-state index contributed by atoms with van der Waals surface area (Å²) in [5.74, 6) is -1.42. The summed E-state index contributed by atoms with van der Waals surface area (Å²) in [7, 11) is 0. The molecule has 0 bridgehead atoms. The normalized spacial score (nSPS) is 11.1. The Kier molecular flexibility index (Phi) is 6.32. The monoisotopic (exact) mass is 401 g/mol. The van der Waals surface area contributed by atoms with Gasteiger partial charge >= 0.3 is 12.1 Å². The average Bonchev–Trinajstić information content (AvgIpc) is 2.59. The van der Waals surface area contributed by atoms with E-state index in [-0.39, 0.29) is 35.9 Å². The predicted octanol–water partition coefficient (Wildman–Crippen LogP) is 4.98. The van der Waals surface area contributed by atoms with E-state index in [1.165, 1.54) is 24.3 Å². The molecule has 2 N–H and O–H groups in total. The maximum absolute atomic E-state index is 12.7. The van der Waals surface area contributed by atoms with Crippen LogP contribution in [0.1, 0.15) is 34.8 Å². The van der Waals surface area contributed by atoms with Crippen LogP contribution in [0.4, 0.5) is 18.9 Å². The third-order valence-corrected chi connectivity index (χ3v) is 3.87. The van der Waals surface area contributed by atoms with Gasteiger partial charge in [-0.3, -0.25) is 4.79 Å². The molecule has 0 saturated heterocycles. The van der Waals surface area contributed by atoms with Gasteiger partial charge in [-0.05, 0) is 35.9 Å². The molecule has 0 fully saturated rings. The number of carbonyl (C=O) groups excluding carboxylic acids is 1. The largest absolute Gasteiger partial charge is 0.489 e. The van der Waals surface area contributed by atoms with E-state index in [0.717, 1.165) is 12.1 Å². The van der Waals surface area contributed by atoms with Crippen molar-refractivity contribution in [1.82, 2.24) is 0 Å². The zero-order chi connectivity index (χ0) is 20.2. The second-order valence-corrected chi connectivity index (χ2v) is 5.92. The first-order chi connectivity index (χ1) is 12.6. The van der Waals surface area contributed by atoms with Crippen molar-refractivity contribution in [1.29, 1.82) is 0 Å². The Hall–Kier alpha value is -2.74. The number of hydrogen-bond donors (Lipinski definition) is 2. The Labute approximate surface area is 157 Å². The van der Waals surface area contributed by atoms with Gasteiger partial charge < -0.3 is 15.2 Å². The summed E-state index contributed by atoms with van der Waals surface area (Å²) >= 11 is 5.65. The molecule has 2 rings (SSSR count). The minimum absolute atomic E-state index is 0.114. The molecule has 0 aliphatic rings. The van der Waals surface area contributed by atoms with Crippen molar-refractivity contribution in [2.45, 2.75) is 26.1 Å². The molecule has 2 aromatic rings. The number of carbonyl (C=O) groups is 2. The van der Waals surface area contributed by atoms with E-state index in [9.17, 15) is 27.9 Å². The second-order valence-electron chi connectivity index (χ2n) is 5.51. The van der Waals surface area contributed by atoms with Gasteiger partial charge in [0.15, 0.2) is 0 Å². The van der Waals surface area contributed by atoms with E-state index < -0.39 is 22.7 Å². The van der Waals surface area contributed by atoms with Crippen molar-refractivity contribution >= 4 is 29.2 Å². The Balaban J connectivity index is 2.16. The van der Waals surface area contributed by atoms with Crippen LogP contribution in [0.25, 0.3) is 0 Å². The molecular weight excluding hydrogens is 387 g/mol. The van der Waals surface area contributed by atoms with Crippen molar-refractivity contribution in [3.63, 3.8) is 0 Å². The van der Waals surface area contributed by atoms with Gasteiger partial charge in [0.2, 0.25) is 5.91 Å². The lowest BCUT2D eigenvalue weighted by atomic mass is 10.1. The molecule has 0 aliphatic heterocycles. The molecule has 0 heterocycles. The first kappa shape index (κ1) is 20.6.